The summed E-state index contributed by atoms with van der Waals surface area (Å²) in [5, 5.41) is 0. The van der Waals surface area contributed by atoms with Crippen LogP contribution in [0.2, 0.25) is 0 Å². The van der Waals surface area contributed by atoms with Crippen molar-refractivity contribution in [2.24, 2.45) is 17.8 Å². The van der Waals surface area contributed by atoms with E-state index in [2.05, 4.69) is 0 Å². The van der Waals surface area contributed by atoms with Crippen LogP contribution in [0.25, 0.3) is 0 Å². The molecule has 1 aliphatic rings. The SMILES string of the molecule is COCC1OC(OC)C(COC)C(COC)C1COC. The summed E-state index contributed by atoms with van der Waals surface area (Å²) in [6, 6.07) is 0. The van der Waals surface area contributed by atoms with Gasteiger partial charge in [0.15, 0.2) is 6.29 Å². The Morgan fingerprint density at radius 3 is 1.65 bits per heavy atom. The maximum Gasteiger partial charge on any atom is 0.163 e. The van der Waals surface area contributed by atoms with E-state index in [4.69, 9.17) is 28.4 Å². The van der Waals surface area contributed by atoms with E-state index in [0.717, 1.165) is 0 Å². The number of ether oxygens (including phenoxy) is 6. The van der Waals surface area contributed by atoms with Gasteiger partial charge in [-0.05, 0) is 5.92 Å². The summed E-state index contributed by atoms with van der Waals surface area (Å²) < 4.78 is 32.8. The van der Waals surface area contributed by atoms with Crippen molar-refractivity contribution < 1.29 is 28.4 Å². The lowest BCUT2D eigenvalue weighted by Gasteiger charge is -2.45. The lowest BCUT2D eigenvalue weighted by Crippen LogP contribution is -2.54. The minimum Gasteiger partial charge on any atom is -0.384 e. The maximum atomic E-state index is 6.02. The van der Waals surface area contributed by atoms with Crippen LogP contribution in [0.1, 0.15) is 0 Å². The predicted octanol–water partition coefficient (Wildman–Crippen LogP) is 0.792. The zero-order valence-electron chi connectivity index (χ0n) is 13.2. The quantitative estimate of drug-likeness (QED) is 0.626. The monoisotopic (exact) mass is 292 g/mol. The fourth-order valence-corrected chi connectivity index (χ4v) is 2.98. The second-order valence-corrected chi connectivity index (χ2v) is 5.09. The minimum atomic E-state index is -0.316. The summed E-state index contributed by atoms with van der Waals surface area (Å²) in [6.07, 6.45) is -0.387. The minimum absolute atomic E-state index is 0.0712. The molecule has 0 bridgehead atoms. The van der Waals surface area contributed by atoms with E-state index < -0.39 is 0 Å². The summed E-state index contributed by atoms with van der Waals surface area (Å²) >= 11 is 0. The van der Waals surface area contributed by atoms with Crippen LogP contribution in [-0.2, 0) is 28.4 Å². The highest BCUT2D eigenvalue weighted by molar-refractivity contribution is 4.89. The molecule has 120 valence electrons. The first-order chi connectivity index (χ1) is 9.73. The molecule has 5 unspecified atom stereocenters. The van der Waals surface area contributed by atoms with Gasteiger partial charge in [-0.1, -0.05) is 0 Å². The van der Waals surface area contributed by atoms with Gasteiger partial charge in [-0.2, -0.15) is 0 Å². The van der Waals surface area contributed by atoms with Crippen LogP contribution in [0.5, 0.6) is 0 Å². The van der Waals surface area contributed by atoms with Crippen molar-refractivity contribution in [3.8, 4) is 0 Å². The Hall–Kier alpha value is -0.240. The smallest absolute Gasteiger partial charge is 0.163 e. The van der Waals surface area contributed by atoms with Crippen LogP contribution in [0.4, 0.5) is 0 Å². The third-order valence-electron chi connectivity index (χ3n) is 3.88. The molecule has 0 aromatic carbocycles. The molecule has 0 aliphatic carbocycles. The highest BCUT2D eigenvalue weighted by atomic mass is 16.7. The largest absolute Gasteiger partial charge is 0.384 e. The molecule has 0 amide bonds. The van der Waals surface area contributed by atoms with Gasteiger partial charge >= 0.3 is 0 Å². The maximum absolute atomic E-state index is 6.02. The molecule has 1 fully saturated rings. The Kier molecular flexibility index (Phi) is 8.60. The molecule has 20 heavy (non-hydrogen) atoms. The number of hydrogen-bond donors (Lipinski definition) is 0. The van der Waals surface area contributed by atoms with Crippen LogP contribution in [0, 0.1) is 17.8 Å². The lowest BCUT2D eigenvalue weighted by molar-refractivity contribution is -0.269. The van der Waals surface area contributed by atoms with Gasteiger partial charge in [-0.25, -0.2) is 0 Å². The summed E-state index contributed by atoms with van der Waals surface area (Å²) in [7, 11) is 8.40. The molecular weight excluding hydrogens is 264 g/mol. The van der Waals surface area contributed by atoms with E-state index in [0.29, 0.717) is 26.4 Å². The van der Waals surface area contributed by atoms with Gasteiger partial charge in [-0.3, -0.25) is 0 Å². The van der Waals surface area contributed by atoms with Crippen molar-refractivity contribution in [3.63, 3.8) is 0 Å². The van der Waals surface area contributed by atoms with Gasteiger partial charge in [0.1, 0.15) is 0 Å². The number of methoxy groups -OCH3 is 5. The molecule has 6 heteroatoms. The van der Waals surface area contributed by atoms with Crippen LogP contribution in [-0.4, -0.2) is 74.4 Å². The first-order valence-corrected chi connectivity index (χ1v) is 6.87. The van der Waals surface area contributed by atoms with Crippen LogP contribution in [0.3, 0.4) is 0 Å². The molecule has 1 aliphatic heterocycles. The van der Waals surface area contributed by atoms with E-state index >= 15 is 0 Å². The average molecular weight is 292 g/mol. The van der Waals surface area contributed by atoms with Gasteiger partial charge in [-0.15, -0.1) is 0 Å². The summed E-state index contributed by atoms with van der Waals surface area (Å²) in [5.74, 6) is 0.531. The fourth-order valence-electron chi connectivity index (χ4n) is 2.98. The standard InChI is InChI=1S/C14H28O6/c1-15-6-10-11(7-16-2)13(9-18-4)20-14(19-5)12(10)8-17-3/h10-14H,6-9H2,1-5H3. The van der Waals surface area contributed by atoms with E-state index in [1.54, 1.807) is 35.5 Å². The highest BCUT2D eigenvalue weighted by Gasteiger charge is 2.45. The molecule has 5 atom stereocenters. The van der Waals surface area contributed by atoms with Gasteiger partial charge in [0.2, 0.25) is 0 Å². The van der Waals surface area contributed by atoms with Crippen LogP contribution >= 0.6 is 0 Å². The zero-order chi connectivity index (χ0) is 15.0. The molecule has 1 rings (SSSR count). The Labute approximate surface area is 121 Å². The average Bonchev–Trinajstić information content (AvgIpc) is 2.45. The van der Waals surface area contributed by atoms with Gasteiger partial charge in [0.05, 0.1) is 25.9 Å². The van der Waals surface area contributed by atoms with Gasteiger partial charge in [0.25, 0.3) is 0 Å². The molecule has 0 spiro atoms. The molecule has 0 radical (unpaired) electrons. The first-order valence-electron chi connectivity index (χ1n) is 6.87. The zero-order valence-corrected chi connectivity index (χ0v) is 13.2. The van der Waals surface area contributed by atoms with Gasteiger partial charge in [0, 0.05) is 54.0 Å². The highest BCUT2D eigenvalue weighted by Crippen LogP contribution is 2.36. The molecule has 1 heterocycles. The van der Waals surface area contributed by atoms with E-state index in [9.17, 15) is 0 Å². The molecule has 0 aromatic heterocycles. The Balaban J connectivity index is 2.92. The molecule has 0 saturated carbocycles. The van der Waals surface area contributed by atoms with Crippen molar-refractivity contribution in [2.75, 3.05) is 62.0 Å². The van der Waals surface area contributed by atoms with Gasteiger partial charge < -0.3 is 28.4 Å². The third-order valence-corrected chi connectivity index (χ3v) is 3.88. The molecule has 6 nitrogen and oxygen atoms in total. The van der Waals surface area contributed by atoms with Crippen molar-refractivity contribution in [1.29, 1.82) is 0 Å². The van der Waals surface area contributed by atoms with Crippen molar-refractivity contribution >= 4 is 0 Å². The summed E-state index contributed by atoms with van der Waals surface area (Å²) in [5.41, 5.74) is 0. The Morgan fingerprint density at radius 2 is 1.15 bits per heavy atom. The lowest BCUT2D eigenvalue weighted by atomic mass is 9.77. The third kappa shape index (κ3) is 4.38. The molecular formula is C14H28O6. The second-order valence-electron chi connectivity index (χ2n) is 5.09. The topological polar surface area (TPSA) is 55.4 Å². The first kappa shape index (κ1) is 17.8. The van der Waals surface area contributed by atoms with E-state index in [1.165, 1.54) is 0 Å². The Morgan fingerprint density at radius 1 is 0.650 bits per heavy atom. The molecule has 0 N–H and O–H groups in total. The van der Waals surface area contributed by atoms with Crippen molar-refractivity contribution in [2.45, 2.75) is 12.4 Å². The van der Waals surface area contributed by atoms with Crippen LogP contribution in [0.15, 0.2) is 0 Å². The Bertz CT molecular complexity index is 250. The van der Waals surface area contributed by atoms with E-state index in [-0.39, 0.29) is 30.1 Å². The molecule has 1 saturated heterocycles. The van der Waals surface area contributed by atoms with Crippen molar-refractivity contribution in [1.82, 2.24) is 0 Å². The molecule has 0 aromatic rings. The second kappa shape index (κ2) is 9.65. The summed E-state index contributed by atoms with van der Waals surface area (Å²) in [6.45, 7) is 2.28. The number of hydrogen-bond acceptors (Lipinski definition) is 6. The normalized spacial score (nSPS) is 34.4. The summed E-state index contributed by atoms with van der Waals surface area (Å²) in [4.78, 5) is 0. The van der Waals surface area contributed by atoms with Crippen LogP contribution < -0.4 is 0 Å². The van der Waals surface area contributed by atoms with Crippen molar-refractivity contribution in [3.05, 3.63) is 0 Å². The fraction of sp³-hybridized carbons (Fsp3) is 1.00. The number of rotatable bonds is 9. The van der Waals surface area contributed by atoms with E-state index in [1.807, 2.05) is 0 Å². The predicted molar refractivity (Wildman–Crippen MR) is 73.6 cm³/mol.